The molecule has 12 heavy (non-hydrogen) atoms. The third kappa shape index (κ3) is 1.50. The summed E-state index contributed by atoms with van der Waals surface area (Å²) in [5, 5.41) is 7.18. The molecule has 0 aromatic carbocycles. The first-order valence-electron chi connectivity index (χ1n) is 5.02. The molecule has 1 atom stereocenters. The number of hydrogen-bond donors (Lipinski definition) is 2. The lowest BCUT2D eigenvalue weighted by Gasteiger charge is -2.42. The minimum absolute atomic E-state index is 0.336. The molecule has 1 saturated carbocycles. The lowest BCUT2D eigenvalue weighted by atomic mass is 9.84. The number of nitrogens with one attached hydrogen (secondary N) is 2. The molecule has 1 unspecified atom stereocenters. The van der Waals surface area contributed by atoms with Crippen molar-refractivity contribution in [3.8, 4) is 0 Å². The van der Waals surface area contributed by atoms with Gasteiger partial charge in [-0.2, -0.15) is 0 Å². The summed E-state index contributed by atoms with van der Waals surface area (Å²) in [4.78, 5) is 0. The standard InChI is InChI=1S/C10H20N2/c1-9(2)6-8(11-3)7-10(12-9)4-5-10/h8,11-12H,4-7H2,1-3H3. The highest BCUT2D eigenvalue weighted by atomic mass is 15.1. The number of rotatable bonds is 1. The SMILES string of the molecule is CNC1CC(C)(C)NC2(CC2)C1. The van der Waals surface area contributed by atoms with Crippen LogP contribution in [0.15, 0.2) is 0 Å². The molecule has 1 saturated heterocycles. The maximum Gasteiger partial charge on any atom is 0.0202 e. The van der Waals surface area contributed by atoms with Crippen LogP contribution in [0.4, 0.5) is 0 Å². The van der Waals surface area contributed by atoms with Crippen LogP contribution in [0, 0.1) is 0 Å². The van der Waals surface area contributed by atoms with Crippen LogP contribution >= 0.6 is 0 Å². The zero-order valence-corrected chi connectivity index (χ0v) is 8.41. The van der Waals surface area contributed by atoms with Crippen LogP contribution in [-0.4, -0.2) is 24.2 Å². The van der Waals surface area contributed by atoms with Gasteiger partial charge in [-0.1, -0.05) is 0 Å². The van der Waals surface area contributed by atoms with Gasteiger partial charge in [0, 0.05) is 17.1 Å². The maximum absolute atomic E-state index is 3.77. The molecule has 70 valence electrons. The van der Waals surface area contributed by atoms with Gasteiger partial charge in [0.15, 0.2) is 0 Å². The van der Waals surface area contributed by atoms with E-state index in [0.717, 1.165) is 6.04 Å². The van der Waals surface area contributed by atoms with E-state index in [1.165, 1.54) is 25.7 Å². The van der Waals surface area contributed by atoms with Gasteiger partial charge in [0.25, 0.3) is 0 Å². The van der Waals surface area contributed by atoms with Crippen molar-refractivity contribution in [1.29, 1.82) is 0 Å². The van der Waals surface area contributed by atoms with Crippen LogP contribution in [0.5, 0.6) is 0 Å². The van der Waals surface area contributed by atoms with Crippen molar-refractivity contribution in [2.45, 2.75) is 56.7 Å². The molecule has 2 N–H and O–H groups in total. The second-order valence-corrected chi connectivity index (χ2v) is 5.18. The normalized spacial score (nSPS) is 36.8. The van der Waals surface area contributed by atoms with E-state index in [9.17, 15) is 0 Å². The predicted molar refractivity (Wildman–Crippen MR) is 51.3 cm³/mol. The third-order valence-electron chi connectivity index (χ3n) is 3.26. The second kappa shape index (κ2) is 2.46. The Morgan fingerprint density at radius 3 is 2.42 bits per heavy atom. The van der Waals surface area contributed by atoms with Crippen LogP contribution in [-0.2, 0) is 0 Å². The van der Waals surface area contributed by atoms with E-state index in [1.807, 2.05) is 0 Å². The molecule has 2 nitrogen and oxygen atoms in total. The predicted octanol–water partition coefficient (Wildman–Crippen LogP) is 1.27. The van der Waals surface area contributed by atoms with Gasteiger partial charge in [-0.05, 0) is 46.6 Å². The van der Waals surface area contributed by atoms with Crippen LogP contribution in [0.3, 0.4) is 0 Å². The molecule has 2 fully saturated rings. The zero-order valence-electron chi connectivity index (χ0n) is 8.41. The first kappa shape index (κ1) is 8.52. The fourth-order valence-corrected chi connectivity index (χ4v) is 2.66. The van der Waals surface area contributed by atoms with Crippen molar-refractivity contribution < 1.29 is 0 Å². The number of piperidine rings is 1. The fraction of sp³-hybridized carbons (Fsp3) is 1.00. The van der Waals surface area contributed by atoms with Gasteiger partial charge in [-0.25, -0.2) is 0 Å². The number of hydrogen-bond acceptors (Lipinski definition) is 2. The van der Waals surface area contributed by atoms with Crippen molar-refractivity contribution in [2.75, 3.05) is 7.05 Å². The highest BCUT2D eigenvalue weighted by Gasteiger charge is 2.50. The van der Waals surface area contributed by atoms with E-state index in [4.69, 9.17) is 0 Å². The van der Waals surface area contributed by atoms with E-state index in [1.54, 1.807) is 0 Å². The van der Waals surface area contributed by atoms with Gasteiger partial charge >= 0.3 is 0 Å². The minimum Gasteiger partial charge on any atom is -0.317 e. The molecule has 0 aromatic rings. The average molecular weight is 168 g/mol. The minimum atomic E-state index is 0.336. The van der Waals surface area contributed by atoms with Crippen LogP contribution in [0.25, 0.3) is 0 Å². The Kier molecular flexibility index (Phi) is 1.74. The molecule has 1 aliphatic heterocycles. The maximum atomic E-state index is 3.77. The van der Waals surface area contributed by atoms with Gasteiger partial charge in [-0.3, -0.25) is 0 Å². The molecular formula is C10H20N2. The smallest absolute Gasteiger partial charge is 0.0202 e. The summed E-state index contributed by atoms with van der Waals surface area (Å²) < 4.78 is 0. The molecule has 1 aliphatic carbocycles. The summed E-state index contributed by atoms with van der Waals surface area (Å²) in [6.45, 7) is 4.63. The lowest BCUT2D eigenvalue weighted by Crippen LogP contribution is -2.57. The van der Waals surface area contributed by atoms with Crippen molar-refractivity contribution >= 4 is 0 Å². The Morgan fingerprint density at radius 1 is 1.25 bits per heavy atom. The molecule has 0 bridgehead atoms. The van der Waals surface area contributed by atoms with Crippen molar-refractivity contribution in [3.05, 3.63) is 0 Å². The summed E-state index contributed by atoms with van der Waals surface area (Å²) >= 11 is 0. The Balaban J connectivity index is 2.06. The van der Waals surface area contributed by atoms with Crippen molar-refractivity contribution in [3.63, 3.8) is 0 Å². The van der Waals surface area contributed by atoms with E-state index in [0.29, 0.717) is 11.1 Å². The fourth-order valence-electron chi connectivity index (χ4n) is 2.66. The molecule has 1 spiro atoms. The summed E-state index contributed by atoms with van der Waals surface area (Å²) in [6, 6.07) is 0.726. The molecule has 1 heterocycles. The zero-order chi connectivity index (χ0) is 8.82. The Hall–Kier alpha value is -0.0800. The van der Waals surface area contributed by atoms with E-state index in [2.05, 4.69) is 31.5 Å². The molecule has 0 aromatic heterocycles. The highest BCUT2D eigenvalue weighted by molar-refractivity contribution is 5.11. The molecule has 0 amide bonds. The second-order valence-electron chi connectivity index (χ2n) is 5.18. The van der Waals surface area contributed by atoms with Gasteiger partial charge in [0.1, 0.15) is 0 Å². The largest absolute Gasteiger partial charge is 0.317 e. The molecule has 2 rings (SSSR count). The van der Waals surface area contributed by atoms with E-state index < -0.39 is 0 Å². The average Bonchev–Trinajstić information content (AvgIpc) is 2.65. The quantitative estimate of drug-likeness (QED) is 0.616. The molecule has 0 radical (unpaired) electrons. The first-order valence-corrected chi connectivity index (χ1v) is 5.02. The van der Waals surface area contributed by atoms with Crippen molar-refractivity contribution in [2.24, 2.45) is 0 Å². The molecule has 2 aliphatic rings. The topological polar surface area (TPSA) is 24.1 Å². The van der Waals surface area contributed by atoms with Crippen LogP contribution in [0.2, 0.25) is 0 Å². The van der Waals surface area contributed by atoms with Gasteiger partial charge in [0.05, 0.1) is 0 Å². The first-order chi connectivity index (χ1) is 5.55. The molecular weight excluding hydrogens is 148 g/mol. The van der Waals surface area contributed by atoms with Gasteiger partial charge in [0.2, 0.25) is 0 Å². The van der Waals surface area contributed by atoms with Gasteiger partial charge in [-0.15, -0.1) is 0 Å². The van der Waals surface area contributed by atoms with Gasteiger partial charge < -0.3 is 10.6 Å². The summed E-state index contributed by atoms with van der Waals surface area (Å²) in [7, 11) is 2.09. The highest BCUT2D eigenvalue weighted by Crippen LogP contribution is 2.45. The van der Waals surface area contributed by atoms with Crippen molar-refractivity contribution in [1.82, 2.24) is 10.6 Å². The van der Waals surface area contributed by atoms with E-state index in [-0.39, 0.29) is 0 Å². The summed E-state index contributed by atoms with van der Waals surface area (Å²) in [6.07, 6.45) is 5.35. The Bertz CT molecular complexity index is 176. The van der Waals surface area contributed by atoms with E-state index >= 15 is 0 Å². The third-order valence-corrected chi connectivity index (χ3v) is 3.26. The Morgan fingerprint density at radius 2 is 1.92 bits per heavy atom. The Labute approximate surface area is 75.1 Å². The van der Waals surface area contributed by atoms with Crippen LogP contribution in [0.1, 0.15) is 39.5 Å². The molecule has 2 heteroatoms. The summed E-state index contributed by atoms with van der Waals surface area (Å²) in [5.41, 5.74) is 0.859. The van der Waals surface area contributed by atoms with Crippen LogP contribution < -0.4 is 10.6 Å². The monoisotopic (exact) mass is 168 g/mol. The lowest BCUT2D eigenvalue weighted by molar-refractivity contribution is 0.191. The summed E-state index contributed by atoms with van der Waals surface area (Å²) in [5.74, 6) is 0.